The number of hydrogen-bond donors (Lipinski definition) is 19. The van der Waals surface area contributed by atoms with Crippen LogP contribution in [-0.4, -0.2) is 175 Å². The number of hydrogen-bond acceptors (Lipinski definition) is 23. The maximum atomic E-state index is 16.3. The van der Waals surface area contributed by atoms with E-state index in [4.69, 9.17) is 36.3 Å². The van der Waals surface area contributed by atoms with Crippen molar-refractivity contribution < 1.29 is 103 Å². The van der Waals surface area contributed by atoms with Crippen molar-refractivity contribution in [2.75, 3.05) is 20.1 Å². The Morgan fingerprint density at radius 3 is 1.95 bits per heavy atom. The van der Waals surface area contributed by atoms with E-state index in [1.165, 1.54) is 50.4 Å². The fourth-order valence-corrected chi connectivity index (χ4v) is 16.6. The fourth-order valence-electron chi connectivity index (χ4n) is 16.3. The van der Waals surface area contributed by atoms with Crippen LogP contribution in [0.1, 0.15) is 155 Å². The highest BCUT2D eigenvalue weighted by Crippen LogP contribution is 2.55. The zero-order chi connectivity index (χ0) is 78.8. The number of fused-ring (bicyclic) bond motifs is 15. The summed E-state index contributed by atoms with van der Waals surface area (Å²) in [7, 11) is 1.50. The van der Waals surface area contributed by atoms with E-state index in [0.717, 1.165) is 93.8 Å². The first kappa shape index (κ1) is 79.6. The standard InChI is InChI=1S/C77H94ClN11O21/c1-6-7-8-9-16-81-77(106)83-55(93)30-47-70(100)85-59-41-26-52(107-50-14-11-37(18-33(50)4)63(94)61(74(104)82-47)88-69(99)46(80-5)17-32(2)3)68(110-76-67(98)66(97)65(96)54(31-79)109-76)53(27-41)108-51-15-12-38(25-45(51)78)64(95)62-75(105)87-60(73(103)84-57-39-20-34-19-35(22-39)23-40(57)21-34)44-28-42(90)29-49(92)56(44)43-24-36(10-13-48(43)91)58(71(101)89-62)86-72(59)102/h10-15,18,24-29,32,34-35,39-40,46-47,54,57-67,76,80,90-92,94-98H,6-9,16-17,19-23,30-31,79H2,1-5H3,(H,82,104)(H,84,103)(H,85,100)(H,86,102)(H,87,105)(H,88,99)(H,89,101)(H2,81,83,93,106)/t34?,35?,39?,40?,46-,47+,54-,57?,58-,59-,60+,61-,62+,63-,64-,65-,66+,67-,76+/m1/s1. The number of nitrogens with one attached hydrogen (secondary N) is 10. The number of unbranched alkanes of at least 4 members (excludes halogenated alkanes) is 3. The van der Waals surface area contributed by atoms with Gasteiger partial charge in [0.1, 0.15) is 102 Å². The van der Waals surface area contributed by atoms with Gasteiger partial charge < -0.3 is 113 Å². The summed E-state index contributed by atoms with van der Waals surface area (Å²) >= 11 is 7.17. The lowest BCUT2D eigenvalue weighted by molar-refractivity contribution is -0.270. The Labute approximate surface area is 637 Å². The third-order valence-corrected chi connectivity index (χ3v) is 22.1. The number of rotatable bonds is 17. The van der Waals surface area contributed by atoms with Gasteiger partial charge >= 0.3 is 6.03 Å². The van der Waals surface area contributed by atoms with Gasteiger partial charge in [-0.3, -0.25) is 43.7 Å². The van der Waals surface area contributed by atoms with Crippen LogP contribution in [0.15, 0.2) is 78.9 Å². The van der Waals surface area contributed by atoms with Crippen LogP contribution in [0.25, 0.3) is 11.1 Å². The highest BCUT2D eigenvalue weighted by molar-refractivity contribution is 6.32. The third-order valence-electron chi connectivity index (χ3n) is 21.8. The van der Waals surface area contributed by atoms with Crippen LogP contribution >= 0.6 is 11.6 Å². The molecule has 0 radical (unpaired) electrons. The van der Waals surface area contributed by atoms with Crippen molar-refractivity contribution in [1.82, 2.24) is 53.2 Å². The van der Waals surface area contributed by atoms with E-state index >= 15 is 28.8 Å². The lowest BCUT2D eigenvalue weighted by Crippen LogP contribution is -2.60. The van der Waals surface area contributed by atoms with Gasteiger partial charge in [-0.1, -0.05) is 69.8 Å². The average molecular weight is 1550 g/mol. The lowest BCUT2D eigenvalue weighted by atomic mass is 9.54. The molecule has 20 N–H and O–H groups in total. The number of aliphatic hydroxyl groups excluding tert-OH is 5. The van der Waals surface area contributed by atoms with E-state index in [1.807, 2.05) is 20.8 Å². The molecule has 5 aromatic rings. The Bertz CT molecular complexity index is 4350. The molecule has 15 bridgehead atoms. The van der Waals surface area contributed by atoms with Crippen LogP contribution < -0.4 is 73.1 Å². The van der Waals surface area contributed by atoms with E-state index in [1.54, 1.807) is 0 Å². The Balaban J connectivity index is 1.05. The second-order valence-electron chi connectivity index (χ2n) is 30.1. The molecule has 14 atom stereocenters. The van der Waals surface area contributed by atoms with Crippen LogP contribution in [0.5, 0.6) is 46.0 Å². The SMILES string of the molecule is CCCCCCNC(=O)NC(=O)C[C@@H]1NC(=O)[C@H](NC(=O)[C@@H](CC(C)C)NC)[C@H](O)c2ccc(c(C)c2)Oc2cc3cc(c2O[C@@H]2O[C@H](CN)[C@@H](O)[C@H](O)[C@H]2O)Oc2ccc(cc2Cl)[C@@H](O)[C@@H]2NC(=O)[C@H](NC(=O)[C@@H]3NC1=O)c1ccc(O)c(c1)-c1c(O)cc(O)cc1[C@@H](C(=O)NC1C3CC4CC(C3)CC1C4)NC2=O. The Morgan fingerprint density at radius 1 is 0.655 bits per heavy atom. The van der Waals surface area contributed by atoms with Gasteiger partial charge in [-0.15, -0.1) is 0 Å². The highest BCUT2D eigenvalue weighted by Gasteiger charge is 2.51. The molecule has 5 fully saturated rings. The van der Waals surface area contributed by atoms with Crippen molar-refractivity contribution in [1.29, 1.82) is 0 Å². The van der Waals surface area contributed by atoms with Crippen molar-refractivity contribution in [3.05, 3.63) is 117 Å². The number of carbonyl (C=O) groups is 9. The molecular formula is C77H94ClN11O21. The molecule has 32 nitrogen and oxygen atoms in total. The molecule has 6 heterocycles. The van der Waals surface area contributed by atoms with Crippen LogP contribution in [0.2, 0.25) is 5.02 Å². The van der Waals surface area contributed by atoms with E-state index in [-0.39, 0.29) is 92.2 Å². The molecule has 590 valence electrons. The second kappa shape index (κ2) is 33.8. The molecule has 15 rings (SSSR count). The normalized spacial score (nSPS) is 28.6. The number of aliphatic hydroxyl groups is 5. The summed E-state index contributed by atoms with van der Waals surface area (Å²) in [6, 6.07) is 0.240. The molecule has 10 aliphatic rings. The molecule has 4 saturated carbocycles. The second-order valence-corrected chi connectivity index (χ2v) is 30.5. The van der Waals surface area contributed by atoms with E-state index < -0.39 is 192 Å². The fraction of sp³-hybridized carbons (Fsp3) is 0.494. The van der Waals surface area contributed by atoms with Crippen LogP contribution in [0.3, 0.4) is 0 Å². The first-order valence-electron chi connectivity index (χ1n) is 37.1. The lowest BCUT2D eigenvalue weighted by Gasteiger charge is -2.54. The molecular weight excluding hydrogens is 1450 g/mol. The number of carbonyl (C=O) groups excluding carboxylic acids is 9. The molecule has 10 amide bonds. The van der Waals surface area contributed by atoms with Crippen molar-refractivity contribution in [3.8, 4) is 57.1 Å². The zero-order valence-electron chi connectivity index (χ0n) is 61.1. The summed E-state index contributed by atoms with van der Waals surface area (Å²) in [5, 5.41) is 120. The molecule has 4 aliphatic carbocycles. The Hall–Kier alpha value is -9.90. The maximum Gasteiger partial charge on any atom is 0.321 e. The highest BCUT2D eigenvalue weighted by atomic mass is 35.5. The van der Waals surface area contributed by atoms with Crippen LogP contribution in [0, 0.1) is 36.5 Å². The number of aromatic hydroxyl groups is 3. The number of likely N-dealkylation sites (N-methyl/N-ethyl adjacent to an activating group) is 1. The van der Waals surface area contributed by atoms with Gasteiger partial charge in [-0.2, -0.15) is 0 Å². The van der Waals surface area contributed by atoms with Gasteiger partial charge in [-0.05, 0) is 176 Å². The number of aryl methyl sites for hydroxylation is 1. The number of nitrogens with two attached hydrogens (primary N) is 1. The smallest absolute Gasteiger partial charge is 0.321 e. The largest absolute Gasteiger partial charge is 0.508 e. The number of benzene rings is 5. The first-order chi connectivity index (χ1) is 52.5. The Morgan fingerprint density at radius 2 is 1.30 bits per heavy atom. The summed E-state index contributed by atoms with van der Waals surface area (Å²) in [5.41, 5.74) is 4.36. The summed E-state index contributed by atoms with van der Waals surface area (Å²) in [4.78, 5) is 136. The van der Waals surface area contributed by atoms with Crippen molar-refractivity contribution in [2.24, 2.45) is 35.3 Å². The van der Waals surface area contributed by atoms with E-state index in [2.05, 4.69) is 53.2 Å². The minimum atomic E-state index is -2.31. The molecule has 5 aromatic carbocycles. The number of phenolic OH excluding ortho intramolecular Hbond substituents is 3. The van der Waals surface area contributed by atoms with Gasteiger partial charge in [0.05, 0.1) is 17.5 Å². The summed E-state index contributed by atoms with van der Waals surface area (Å²) < 4.78 is 25.8. The first-order valence-corrected chi connectivity index (χ1v) is 37.5. The van der Waals surface area contributed by atoms with Crippen LogP contribution in [-0.2, 0) is 43.1 Å². The van der Waals surface area contributed by atoms with Gasteiger partial charge in [0.15, 0.2) is 11.5 Å². The summed E-state index contributed by atoms with van der Waals surface area (Å²) in [6.07, 6.45) is -6.70. The van der Waals surface area contributed by atoms with Gasteiger partial charge in [0, 0.05) is 36.3 Å². The minimum Gasteiger partial charge on any atom is -0.508 e. The van der Waals surface area contributed by atoms with Gasteiger partial charge in [0.25, 0.3) is 0 Å². The molecule has 110 heavy (non-hydrogen) atoms. The van der Waals surface area contributed by atoms with Gasteiger partial charge in [-0.25, -0.2) is 4.79 Å². The zero-order valence-corrected chi connectivity index (χ0v) is 61.8. The number of phenols is 3. The van der Waals surface area contributed by atoms with Crippen molar-refractivity contribution in [3.63, 3.8) is 0 Å². The predicted molar refractivity (Wildman–Crippen MR) is 392 cm³/mol. The molecule has 0 unspecified atom stereocenters. The number of amides is 10. The molecule has 0 aromatic heterocycles. The third kappa shape index (κ3) is 17.2. The van der Waals surface area contributed by atoms with E-state index in [9.17, 15) is 55.2 Å². The quantitative estimate of drug-likeness (QED) is 0.0594. The molecule has 6 aliphatic heterocycles. The van der Waals surface area contributed by atoms with Crippen LogP contribution in [0.4, 0.5) is 4.79 Å². The van der Waals surface area contributed by atoms with Crippen molar-refractivity contribution in [2.45, 2.75) is 190 Å². The average Bonchev–Trinajstić information content (AvgIpc) is 0.761. The number of ether oxygens (including phenoxy) is 4. The summed E-state index contributed by atoms with van der Waals surface area (Å²) in [5.74, 6) is -12.3. The predicted octanol–water partition coefficient (Wildman–Crippen LogP) is 3.27. The number of imide groups is 1. The molecule has 33 heteroatoms. The number of urea groups is 1. The maximum absolute atomic E-state index is 16.3. The Kier molecular flexibility index (Phi) is 24.4. The van der Waals surface area contributed by atoms with E-state index in [0.29, 0.717) is 18.3 Å². The van der Waals surface area contributed by atoms with Gasteiger partial charge in [0.2, 0.25) is 59.3 Å². The minimum absolute atomic E-state index is 0.0223. The number of halogens is 1. The van der Waals surface area contributed by atoms with Crippen molar-refractivity contribution >= 4 is 64.9 Å². The molecule has 1 saturated heterocycles. The monoisotopic (exact) mass is 1540 g/mol. The molecule has 0 spiro atoms. The topological polar surface area (TPSA) is 499 Å². The summed E-state index contributed by atoms with van der Waals surface area (Å²) in [6.45, 7) is 6.90.